The van der Waals surface area contributed by atoms with Crippen molar-refractivity contribution < 1.29 is 9.53 Å². The maximum absolute atomic E-state index is 12.2. The molecule has 0 aliphatic carbocycles. The van der Waals surface area contributed by atoms with Crippen LogP contribution in [0.1, 0.15) is 16.2 Å². The first-order valence-corrected chi connectivity index (χ1v) is 5.75. The third kappa shape index (κ3) is 4.62. The lowest BCUT2D eigenvalue weighted by atomic mass is 10.2. The summed E-state index contributed by atoms with van der Waals surface area (Å²) in [6.45, 7) is 4.00. The molecule has 19 heavy (non-hydrogen) atoms. The molecule has 108 valence electrons. The molecule has 1 atom stereocenters. The van der Waals surface area contributed by atoms with Crippen molar-refractivity contribution >= 4 is 30.7 Å². The van der Waals surface area contributed by atoms with Crippen LogP contribution in [0, 0.1) is 6.92 Å². The van der Waals surface area contributed by atoms with E-state index in [-0.39, 0.29) is 36.8 Å². The fraction of sp³-hybridized carbons (Fsp3) is 0.500. The minimum Gasteiger partial charge on any atom is -0.373 e. The topological polar surface area (TPSA) is 68.5 Å². The van der Waals surface area contributed by atoms with Crippen LogP contribution in [-0.2, 0) is 4.74 Å². The summed E-state index contributed by atoms with van der Waals surface area (Å²) in [4.78, 5) is 18.2. The number of aryl methyl sites for hydroxylation is 1. The van der Waals surface area contributed by atoms with Gasteiger partial charge in [0.25, 0.3) is 5.91 Å². The minimum absolute atomic E-state index is 0. The van der Waals surface area contributed by atoms with E-state index in [1.54, 1.807) is 11.0 Å². The van der Waals surface area contributed by atoms with Crippen molar-refractivity contribution in [2.75, 3.05) is 26.2 Å². The molecule has 1 unspecified atom stereocenters. The molecule has 0 saturated carbocycles. The van der Waals surface area contributed by atoms with Crippen LogP contribution >= 0.6 is 24.8 Å². The summed E-state index contributed by atoms with van der Waals surface area (Å²) >= 11 is 0. The van der Waals surface area contributed by atoms with Crippen LogP contribution in [0.25, 0.3) is 0 Å². The highest BCUT2D eigenvalue weighted by molar-refractivity contribution is 5.92. The normalized spacial score (nSPS) is 18.2. The molecule has 1 aromatic heterocycles. The number of hydrogen-bond acceptors (Lipinski definition) is 4. The van der Waals surface area contributed by atoms with Gasteiger partial charge in [0.2, 0.25) is 0 Å². The third-order valence-corrected chi connectivity index (χ3v) is 2.80. The highest BCUT2D eigenvalue weighted by atomic mass is 35.5. The van der Waals surface area contributed by atoms with E-state index in [2.05, 4.69) is 4.98 Å². The Bertz CT molecular complexity index is 418. The summed E-state index contributed by atoms with van der Waals surface area (Å²) in [6.07, 6.45) is -0.0579. The van der Waals surface area contributed by atoms with E-state index >= 15 is 0 Å². The van der Waals surface area contributed by atoms with Crippen molar-refractivity contribution in [3.05, 3.63) is 29.6 Å². The number of aromatic nitrogens is 1. The van der Waals surface area contributed by atoms with Gasteiger partial charge >= 0.3 is 0 Å². The van der Waals surface area contributed by atoms with Crippen molar-refractivity contribution in [2.45, 2.75) is 13.0 Å². The monoisotopic (exact) mass is 307 g/mol. The van der Waals surface area contributed by atoms with E-state index < -0.39 is 0 Å². The Balaban J connectivity index is 0.00000162. The second-order valence-corrected chi connectivity index (χ2v) is 4.14. The Morgan fingerprint density at radius 1 is 1.53 bits per heavy atom. The van der Waals surface area contributed by atoms with Gasteiger partial charge in [-0.2, -0.15) is 0 Å². The van der Waals surface area contributed by atoms with E-state index in [0.717, 1.165) is 5.69 Å². The van der Waals surface area contributed by atoms with Crippen LogP contribution in [0.4, 0.5) is 0 Å². The van der Waals surface area contributed by atoms with Gasteiger partial charge in [-0.15, -0.1) is 24.8 Å². The number of rotatable bonds is 2. The second-order valence-electron chi connectivity index (χ2n) is 4.14. The van der Waals surface area contributed by atoms with Crippen molar-refractivity contribution in [3.63, 3.8) is 0 Å². The number of pyridine rings is 1. The van der Waals surface area contributed by atoms with Crippen molar-refractivity contribution in [1.29, 1.82) is 0 Å². The fourth-order valence-corrected chi connectivity index (χ4v) is 1.87. The molecule has 5 nitrogen and oxygen atoms in total. The molecule has 1 aliphatic rings. The zero-order valence-corrected chi connectivity index (χ0v) is 12.4. The maximum Gasteiger partial charge on any atom is 0.272 e. The van der Waals surface area contributed by atoms with Gasteiger partial charge in [-0.05, 0) is 19.1 Å². The number of hydrogen-bond donors (Lipinski definition) is 1. The molecule has 0 bridgehead atoms. The van der Waals surface area contributed by atoms with E-state index in [9.17, 15) is 4.79 Å². The Morgan fingerprint density at radius 2 is 2.26 bits per heavy atom. The van der Waals surface area contributed by atoms with Gasteiger partial charge in [0.05, 0.1) is 12.7 Å². The summed E-state index contributed by atoms with van der Waals surface area (Å²) in [5, 5.41) is 0. The number of carbonyl (C=O) groups is 1. The van der Waals surface area contributed by atoms with Crippen LogP contribution in [0.3, 0.4) is 0 Å². The minimum atomic E-state index is -0.0579. The SMILES string of the molecule is Cc1cccc(C(=O)N2CCOC(CN)C2)n1.Cl.Cl. The van der Waals surface area contributed by atoms with Gasteiger partial charge in [0.1, 0.15) is 5.69 Å². The Hall–Kier alpha value is -0.880. The molecule has 7 heteroatoms. The van der Waals surface area contributed by atoms with Gasteiger partial charge in [-0.25, -0.2) is 4.98 Å². The Kier molecular flexibility index (Phi) is 7.94. The van der Waals surface area contributed by atoms with E-state index in [0.29, 0.717) is 31.9 Å². The maximum atomic E-state index is 12.2. The zero-order valence-electron chi connectivity index (χ0n) is 10.7. The summed E-state index contributed by atoms with van der Waals surface area (Å²) in [7, 11) is 0. The van der Waals surface area contributed by atoms with Gasteiger partial charge < -0.3 is 15.4 Å². The molecular formula is C12H19Cl2N3O2. The molecule has 1 aliphatic heterocycles. The van der Waals surface area contributed by atoms with Crippen LogP contribution in [0.5, 0.6) is 0 Å². The summed E-state index contributed by atoms with van der Waals surface area (Å²) < 4.78 is 5.43. The van der Waals surface area contributed by atoms with Crippen LogP contribution in [-0.4, -0.2) is 48.1 Å². The highest BCUT2D eigenvalue weighted by Gasteiger charge is 2.24. The lowest BCUT2D eigenvalue weighted by Crippen LogP contribution is -2.48. The number of nitrogens with zero attached hydrogens (tertiary/aromatic N) is 2. The first-order valence-electron chi connectivity index (χ1n) is 5.75. The third-order valence-electron chi connectivity index (χ3n) is 2.80. The summed E-state index contributed by atoms with van der Waals surface area (Å²) in [5.74, 6) is -0.0459. The van der Waals surface area contributed by atoms with E-state index in [1.807, 2.05) is 19.1 Å². The van der Waals surface area contributed by atoms with Crippen molar-refractivity contribution in [2.24, 2.45) is 5.73 Å². The molecule has 0 radical (unpaired) electrons. The predicted molar refractivity (Wildman–Crippen MR) is 78.2 cm³/mol. The second kappa shape index (κ2) is 8.32. The molecule has 1 amide bonds. The number of halogens is 2. The Morgan fingerprint density at radius 3 is 2.89 bits per heavy atom. The standard InChI is InChI=1S/C12H17N3O2.2ClH/c1-9-3-2-4-11(14-9)12(16)15-5-6-17-10(7-13)8-15;;/h2-4,10H,5-8,13H2,1H3;2*1H. The van der Waals surface area contributed by atoms with E-state index in [1.165, 1.54) is 0 Å². The predicted octanol–water partition coefficient (Wildman–Crippen LogP) is 1.03. The largest absolute Gasteiger partial charge is 0.373 e. The lowest BCUT2D eigenvalue weighted by Gasteiger charge is -2.32. The number of amides is 1. The highest BCUT2D eigenvalue weighted by Crippen LogP contribution is 2.09. The molecular weight excluding hydrogens is 289 g/mol. The van der Waals surface area contributed by atoms with Crippen molar-refractivity contribution in [1.82, 2.24) is 9.88 Å². The molecule has 0 spiro atoms. The Labute approximate surface area is 125 Å². The average Bonchev–Trinajstić information content (AvgIpc) is 2.38. The first kappa shape index (κ1) is 18.1. The average molecular weight is 308 g/mol. The molecule has 1 aromatic rings. The number of morpholine rings is 1. The molecule has 2 heterocycles. The molecule has 2 N–H and O–H groups in total. The smallest absolute Gasteiger partial charge is 0.272 e. The molecule has 1 fully saturated rings. The number of nitrogens with two attached hydrogens (primary N) is 1. The van der Waals surface area contributed by atoms with Gasteiger partial charge in [0.15, 0.2) is 0 Å². The summed E-state index contributed by atoms with van der Waals surface area (Å²) in [5.41, 5.74) is 6.89. The van der Waals surface area contributed by atoms with Crippen LogP contribution in [0.15, 0.2) is 18.2 Å². The van der Waals surface area contributed by atoms with Gasteiger partial charge in [-0.3, -0.25) is 4.79 Å². The number of ether oxygens (including phenoxy) is 1. The zero-order chi connectivity index (χ0) is 12.3. The van der Waals surface area contributed by atoms with Crippen LogP contribution in [0.2, 0.25) is 0 Å². The quantitative estimate of drug-likeness (QED) is 0.886. The lowest BCUT2D eigenvalue weighted by molar-refractivity contribution is -0.0169. The number of carbonyl (C=O) groups excluding carboxylic acids is 1. The molecule has 2 rings (SSSR count). The summed E-state index contributed by atoms with van der Waals surface area (Å²) in [6, 6.07) is 5.46. The molecule has 1 saturated heterocycles. The van der Waals surface area contributed by atoms with Gasteiger partial charge in [-0.1, -0.05) is 6.07 Å². The van der Waals surface area contributed by atoms with Gasteiger partial charge in [0, 0.05) is 25.3 Å². The van der Waals surface area contributed by atoms with E-state index in [4.69, 9.17) is 10.5 Å². The molecule has 0 aromatic carbocycles. The van der Waals surface area contributed by atoms with Crippen LogP contribution < -0.4 is 5.73 Å². The fourth-order valence-electron chi connectivity index (χ4n) is 1.87. The first-order chi connectivity index (χ1) is 8.20. The van der Waals surface area contributed by atoms with Crippen molar-refractivity contribution in [3.8, 4) is 0 Å².